The van der Waals surface area contributed by atoms with Crippen LogP contribution in [0.3, 0.4) is 0 Å². The van der Waals surface area contributed by atoms with Crippen molar-refractivity contribution in [1.82, 2.24) is 14.9 Å². The van der Waals surface area contributed by atoms with Crippen LogP contribution in [0.15, 0.2) is 6.33 Å². The number of aryl methyl sites for hydroxylation is 1. The molecule has 1 aliphatic carbocycles. The molecule has 16 heavy (non-hydrogen) atoms. The molecule has 1 saturated carbocycles. The molecule has 3 heteroatoms. The normalized spacial score (nSPS) is 17.9. The maximum Gasteiger partial charge on any atom is 0.0949 e. The van der Waals surface area contributed by atoms with Crippen molar-refractivity contribution in [2.24, 2.45) is 7.05 Å². The van der Waals surface area contributed by atoms with Crippen molar-refractivity contribution in [2.45, 2.75) is 44.4 Å². The van der Waals surface area contributed by atoms with Gasteiger partial charge in [-0.05, 0) is 19.9 Å². The van der Waals surface area contributed by atoms with Crippen LogP contribution in [-0.2, 0) is 13.5 Å². The van der Waals surface area contributed by atoms with Crippen molar-refractivity contribution in [3.8, 4) is 0 Å². The molecule has 1 fully saturated rings. The summed E-state index contributed by atoms with van der Waals surface area (Å²) >= 11 is 0. The largest absolute Gasteiger partial charge is 0.337 e. The lowest BCUT2D eigenvalue weighted by Gasteiger charge is -2.21. The average Bonchev–Trinajstić information content (AvgIpc) is 2.69. The van der Waals surface area contributed by atoms with E-state index < -0.39 is 0 Å². The summed E-state index contributed by atoms with van der Waals surface area (Å²) in [6.45, 7) is 1.04. The van der Waals surface area contributed by atoms with Crippen molar-refractivity contribution in [3.05, 3.63) is 17.7 Å². The molecule has 0 bridgehead atoms. The fourth-order valence-corrected chi connectivity index (χ4v) is 2.74. The first-order valence-electron chi connectivity index (χ1n) is 6.47. The van der Waals surface area contributed by atoms with Gasteiger partial charge in [-0.1, -0.05) is 19.3 Å². The van der Waals surface area contributed by atoms with Crippen molar-refractivity contribution in [1.29, 1.82) is 0 Å². The monoisotopic (exact) mass is 221 g/mol. The summed E-state index contributed by atoms with van der Waals surface area (Å²) < 4.78 is 2.20. The molecule has 0 radical (unpaired) electrons. The first-order valence-corrected chi connectivity index (χ1v) is 6.47. The van der Waals surface area contributed by atoms with Gasteiger partial charge in [0.05, 0.1) is 12.0 Å². The molecule has 1 N–H and O–H groups in total. The number of nitrogens with zero attached hydrogens (tertiary/aromatic N) is 2. The van der Waals surface area contributed by atoms with Gasteiger partial charge in [-0.3, -0.25) is 0 Å². The number of nitrogens with one attached hydrogen (secondary N) is 1. The van der Waals surface area contributed by atoms with Gasteiger partial charge in [-0.2, -0.15) is 0 Å². The fraction of sp³-hybridized carbons (Fsp3) is 0.769. The lowest BCUT2D eigenvalue weighted by atomic mass is 9.86. The quantitative estimate of drug-likeness (QED) is 0.845. The Morgan fingerprint density at radius 1 is 1.38 bits per heavy atom. The minimum Gasteiger partial charge on any atom is -0.337 e. The number of hydrogen-bond donors (Lipinski definition) is 1. The summed E-state index contributed by atoms with van der Waals surface area (Å²) in [5.74, 6) is 0.724. The molecular weight excluding hydrogens is 198 g/mol. The molecule has 0 aliphatic heterocycles. The lowest BCUT2D eigenvalue weighted by Crippen LogP contribution is -2.15. The van der Waals surface area contributed by atoms with Crippen LogP contribution >= 0.6 is 0 Å². The Morgan fingerprint density at radius 2 is 2.12 bits per heavy atom. The Labute approximate surface area is 98.3 Å². The number of hydrogen-bond acceptors (Lipinski definition) is 2. The van der Waals surface area contributed by atoms with E-state index in [1.54, 1.807) is 0 Å². The zero-order valence-corrected chi connectivity index (χ0v) is 10.5. The van der Waals surface area contributed by atoms with Gasteiger partial charge in [-0.15, -0.1) is 0 Å². The highest BCUT2D eigenvalue weighted by Crippen LogP contribution is 2.33. The van der Waals surface area contributed by atoms with Crippen LogP contribution in [0.2, 0.25) is 0 Å². The van der Waals surface area contributed by atoms with E-state index in [2.05, 4.69) is 21.9 Å². The second kappa shape index (κ2) is 5.48. The van der Waals surface area contributed by atoms with Gasteiger partial charge in [0.1, 0.15) is 0 Å². The van der Waals surface area contributed by atoms with E-state index >= 15 is 0 Å². The van der Waals surface area contributed by atoms with Gasteiger partial charge in [0.2, 0.25) is 0 Å². The Hall–Kier alpha value is -0.830. The molecule has 0 aromatic carbocycles. The molecule has 0 saturated heterocycles. The number of rotatable bonds is 4. The molecule has 3 nitrogen and oxygen atoms in total. The predicted molar refractivity (Wildman–Crippen MR) is 66.7 cm³/mol. The molecule has 0 atom stereocenters. The van der Waals surface area contributed by atoms with E-state index in [-0.39, 0.29) is 0 Å². The van der Waals surface area contributed by atoms with Gasteiger partial charge in [0.25, 0.3) is 0 Å². The van der Waals surface area contributed by atoms with E-state index in [4.69, 9.17) is 0 Å². The summed E-state index contributed by atoms with van der Waals surface area (Å²) in [6, 6.07) is 0. The topological polar surface area (TPSA) is 29.9 Å². The highest BCUT2D eigenvalue weighted by atomic mass is 15.0. The Morgan fingerprint density at radius 3 is 2.81 bits per heavy atom. The second-order valence-corrected chi connectivity index (χ2v) is 4.88. The minimum atomic E-state index is 0.724. The van der Waals surface area contributed by atoms with E-state index in [0.29, 0.717) is 0 Å². The Bertz CT molecular complexity index is 324. The molecule has 1 aromatic heterocycles. The maximum atomic E-state index is 4.63. The van der Waals surface area contributed by atoms with E-state index in [1.165, 1.54) is 43.5 Å². The van der Waals surface area contributed by atoms with Gasteiger partial charge in [-0.25, -0.2) is 4.98 Å². The van der Waals surface area contributed by atoms with Crippen LogP contribution in [0.25, 0.3) is 0 Å². The average molecular weight is 221 g/mol. The van der Waals surface area contributed by atoms with E-state index in [0.717, 1.165) is 18.9 Å². The van der Waals surface area contributed by atoms with Crippen molar-refractivity contribution in [2.75, 3.05) is 13.6 Å². The molecule has 90 valence electrons. The third-order valence-electron chi connectivity index (χ3n) is 3.70. The molecule has 2 rings (SSSR count). The summed E-state index contributed by atoms with van der Waals surface area (Å²) in [5.41, 5.74) is 2.80. The van der Waals surface area contributed by atoms with E-state index in [1.807, 2.05) is 13.4 Å². The zero-order valence-electron chi connectivity index (χ0n) is 10.5. The molecule has 0 amide bonds. The van der Waals surface area contributed by atoms with Gasteiger partial charge >= 0.3 is 0 Å². The number of imidazole rings is 1. The Balaban J connectivity index is 2.12. The maximum absolute atomic E-state index is 4.63. The molecule has 0 spiro atoms. The third kappa shape index (κ3) is 2.46. The lowest BCUT2D eigenvalue weighted by molar-refractivity contribution is 0.434. The second-order valence-electron chi connectivity index (χ2n) is 4.88. The van der Waals surface area contributed by atoms with Gasteiger partial charge in [0, 0.05) is 31.6 Å². The first kappa shape index (κ1) is 11.6. The van der Waals surface area contributed by atoms with Crippen molar-refractivity contribution >= 4 is 0 Å². The summed E-state index contributed by atoms with van der Waals surface area (Å²) in [6.07, 6.45) is 9.93. The van der Waals surface area contributed by atoms with Gasteiger partial charge in [0.15, 0.2) is 0 Å². The Kier molecular flexibility index (Phi) is 3.99. The van der Waals surface area contributed by atoms with Crippen LogP contribution in [0.4, 0.5) is 0 Å². The molecular formula is C13H23N3. The highest BCUT2D eigenvalue weighted by molar-refractivity contribution is 5.18. The minimum absolute atomic E-state index is 0.724. The van der Waals surface area contributed by atoms with Gasteiger partial charge < -0.3 is 9.88 Å². The van der Waals surface area contributed by atoms with Crippen LogP contribution in [-0.4, -0.2) is 23.1 Å². The summed E-state index contributed by atoms with van der Waals surface area (Å²) in [4.78, 5) is 4.63. The molecule has 0 unspecified atom stereocenters. The smallest absolute Gasteiger partial charge is 0.0949 e. The van der Waals surface area contributed by atoms with Crippen LogP contribution in [0.1, 0.15) is 49.4 Å². The first-order chi connectivity index (χ1) is 7.83. The predicted octanol–water partition coefficient (Wildman–Crippen LogP) is 2.23. The summed E-state index contributed by atoms with van der Waals surface area (Å²) in [7, 11) is 4.13. The fourth-order valence-electron chi connectivity index (χ4n) is 2.74. The van der Waals surface area contributed by atoms with Crippen molar-refractivity contribution in [3.63, 3.8) is 0 Å². The molecule has 1 aromatic rings. The van der Waals surface area contributed by atoms with E-state index in [9.17, 15) is 0 Å². The zero-order chi connectivity index (χ0) is 11.4. The number of aromatic nitrogens is 2. The molecule has 1 heterocycles. The molecule has 1 aliphatic rings. The van der Waals surface area contributed by atoms with Crippen LogP contribution in [0, 0.1) is 0 Å². The van der Waals surface area contributed by atoms with Crippen molar-refractivity contribution < 1.29 is 0 Å². The SMILES string of the molecule is CNCCc1c(C2CCCCC2)ncn1C. The standard InChI is InChI=1S/C13H23N3/c1-14-9-8-12-13(15-10-16(12)2)11-6-4-3-5-7-11/h10-11,14H,3-9H2,1-2H3. The number of likely N-dealkylation sites (N-methyl/N-ethyl adjacent to an activating group) is 1. The van der Waals surface area contributed by atoms with Crippen LogP contribution in [0.5, 0.6) is 0 Å². The van der Waals surface area contributed by atoms with Crippen LogP contribution < -0.4 is 5.32 Å². The highest BCUT2D eigenvalue weighted by Gasteiger charge is 2.21. The summed E-state index contributed by atoms with van der Waals surface area (Å²) in [5, 5.41) is 3.22. The third-order valence-corrected chi connectivity index (χ3v) is 3.70.